The number of esters is 1. The van der Waals surface area contributed by atoms with Gasteiger partial charge in [-0.05, 0) is 13.0 Å². The summed E-state index contributed by atoms with van der Waals surface area (Å²) in [6.07, 6.45) is 3.21. The minimum absolute atomic E-state index is 0.288. The summed E-state index contributed by atoms with van der Waals surface area (Å²) in [7, 11) is 1.33. The largest absolute Gasteiger partial charge is 0.464 e. The maximum Gasteiger partial charge on any atom is 0.358 e. The molecule has 2 aromatic rings. The van der Waals surface area contributed by atoms with Gasteiger partial charge < -0.3 is 4.74 Å². The van der Waals surface area contributed by atoms with Crippen molar-refractivity contribution >= 4 is 11.5 Å². The lowest BCUT2D eigenvalue weighted by Gasteiger charge is -1.99. The summed E-state index contributed by atoms with van der Waals surface area (Å²) in [5.41, 5.74) is 1.79. The number of methoxy groups -OCH3 is 1. The van der Waals surface area contributed by atoms with Crippen LogP contribution in [0.2, 0.25) is 0 Å². The van der Waals surface area contributed by atoms with Crippen LogP contribution in [-0.2, 0) is 4.74 Å². The molecule has 0 amide bonds. The van der Waals surface area contributed by atoms with Crippen molar-refractivity contribution in [3.05, 3.63) is 29.8 Å². The Hall–Kier alpha value is -1.91. The number of rotatable bonds is 1. The summed E-state index contributed by atoms with van der Waals surface area (Å²) in [4.78, 5) is 15.3. The first kappa shape index (κ1) is 8.68. The zero-order chi connectivity index (χ0) is 10.1. The molecule has 72 valence electrons. The SMILES string of the molecule is COC(=O)c1nccn2nc(C)cc12. The van der Waals surface area contributed by atoms with Gasteiger partial charge >= 0.3 is 5.97 Å². The smallest absolute Gasteiger partial charge is 0.358 e. The molecule has 0 N–H and O–H groups in total. The third-order valence-corrected chi connectivity index (χ3v) is 1.89. The van der Waals surface area contributed by atoms with Crippen molar-refractivity contribution in [2.45, 2.75) is 6.92 Å². The monoisotopic (exact) mass is 191 g/mol. The number of hydrogen-bond acceptors (Lipinski definition) is 4. The predicted molar refractivity (Wildman–Crippen MR) is 49.1 cm³/mol. The van der Waals surface area contributed by atoms with Crippen LogP contribution in [0.1, 0.15) is 16.2 Å². The average molecular weight is 191 g/mol. The molecule has 0 spiro atoms. The van der Waals surface area contributed by atoms with E-state index in [1.807, 2.05) is 6.92 Å². The molecule has 0 aromatic carbocycles. The lowest BCUT2D eigenvalue weighted by atomic mass is 10.3. The van der Waals surface area contributed by atoms with Crippen LogP contribution in [0.4, 0.5) is 0 Å². The quantitative estimate of drug-likeness (QED) is 0.626. The van der Waals surface area contributed by atoms with Crippen LogP contribution in [0.3, 0.4) is 0 Å². The Morgan fingerprint density at radius 3 is 3.07 bits per heavy atom. The van der Waals surface area contributed by atoms with Gasteiger partial charge in [-0.25, -0.2) is 14.3 Å². The number of fused-ring (bicyclic) bond motifs is 1. The summed E-state index contributed by atoms with van der Waals surface area (Å²) < 4.78 is 6.22. The van der Waals surface area contributed by atoms with E-state index in [9.17, 15) is 4.79 Å². The zero-order valence-corrected chi connectivity index (χ0v) is 7.89. The molecular formula is C9H9N3O2. The number of carbonyl (C=O) groups excluding carboxylic acids is 1. The van der Waals surface area contributed by atoms with E-state index in [1.165, 1.54) is 13.3 Å². The Labute approximate surface area is 80.3 Å². The molecule has 0 saturated carbocycles. The summed E-state index contributed by atoms with van der Waals surface area (Å²) in [5, 5.41) is 4.16. The number of aryl methyl sites for hydroxylation is 1. The van der Waals surface area contributed by atoms with Gasteiger partial charge in [0, 0.05) is 12.4 Å². The Morgan fingerprint density at radius 2 is 2.36 bits per heavy atom. The first-order valence-electron chi connectivity index (χ1n) is 4.11. The first-order valence-corrected chi connectivity index (χ1v) is 4.11. The van der Waals surface area contributed by atoms with E-state index >= 15 is 0 Å². The van der Waals surface area contributed by atoms with Crippen LogP contribution >= 0.6 is 0 Å². The number of hydrogen-bond donors (Lipinski definition) is 0. The fourth-order valence-electron chi connectivity index (χ4n) is 1.30. The van der Waals surface area contributed by atoms with Crippen LogP contribution in [0.15, 0.2) is 18.5 Å². The van der Waals surface area contributed by atoms with Gasteiger partial charge in [-0.15, -0.1) is 0 Å². The highest BCUT2D eigenvalue weighted by atomic mass is 16.5. The molecule has 2 rings (SSSR count). The molecular weight excluding hydrogens is 182 g/mol. The zero-order valence-electron chi connectivity index (χ0n) is 7.89. The molecule has 0 aliphatic rings. The third kappa shape index (κ3) is 1.22. The Balaban J connectivity index is 2.70. The Kier molecular flexibility index (Phi) is 1.92. The van der Waals surface area contributed by atoms with Crippen LogP contribution in [0, 0.1) is 6.92 Å². The van der Waals surface area contributed by atoms with Gasteiger partial charge in [0.1, 0.15) is 0 Å². The standard InChI is InChI=1S/C9H9N3O2/c1-6-5-7-8(9(13)14-2)10-3-4-12(7)11-6/h3-5H,1-2H3. The maximum atomic E-state index is 11.3. The minimum atomic E-state index is -0.449. The maximum absolute atomic E-state index is 11.3. The summed E-state index contributed by atoms with van der Waals surface area (Å²) in [6.45, 7) is 1.86. The number of ether oxygens (including phenoxy) is 1. The van der Waals surface area contributed by atoms with Crippen molar-refractivity contribution in [1.29, 1.82) is 0 Å². The second kappa shape index (κ2) is 3.10. The Morgan fingerprint density at radius 1 is 1.57 bits per heavy atom. The van der Waals surface area contributed by atoms with Gasteiger partial charge in [-0.3, -0.25) is 0 Å². The van der Waals surface area contributed by atoms with Gasteiger partial charge in [-0.1, -0.05) is 0 Å². The fourth-order valence-corrected chi connectivity index (χ4v) is 1.30. The molecule has 14 heavy (non-hydrogen) atoms. The highest BCUT2D eigenvalue weighted by Crippen LogP contribution is 2.10. The van der Waals surface area contributed by atoms with Crippen molar-refractivity contribution in [2.24, 2.45) is 0 Å². The van der Waals surface area contributed by atoms with E-state index in [2.05, 4.69) is 14.8 Å². The van der Waals surface area contributed by atoms with E-state index in [1.54, 1.807) is 16.8 Å². The van der Waals surface area contributed by atoms with Crippen LogP contribution in [-0.4, -0.2) is 27.7 Å². The lowest BCUT2D eigenvalue weighted by Crippen LogP contribution is -2.06. The molecule has 0 radical (unpaired) electrons. The molecule has 0 atom stereocenters. The van der Waals surface area contributed by atoms with Crippen molar-refractivity contribution in [3.8, 4) is 0 Å². The molecule has 0 saturated heterocycles. The molecule has 5 nitrogen and oxygen atoms in total. The topological polar surface area (TPSA) is 56.5 Å². The van der Waals surface area contributed by atoms with E-state index in [4.69, 9.17) is 0 Å². The number of carbonyl (C=O) groups is 1. The average Bonchev–Trinajstić information content (AvgIpc) is 2.56. The molecule has 0 aliphatic heterocycles. The van der Waals surface area contributed by atoms with E-state index < -0.39 is 5.97 Å². The van der Waals surface area contributed by atoms with E-state index in [0.717, 1.165) is 5.69 Å². The fraction of sp³-hybridized carbons (Fsp3) is 0.222. The molecule has 2 aromatic heterocycles. The summed E-state index contributed by atoms with van der Waals surface area (Å²) in [5.74, 6) is -0.449. The third-order valence-electron chi connectivity index (χ3n) is 1.89. The predicted octanol–water partition coefficient (Wildman–Crippen LogP) is 0.824. The van der Waals surface area contributed by atoms with Crippen molar-refractivity contribution < 1.29 is 9.53 Å². The van der Waals surface area contributed by atoms with Crippen LogP contribution in [0.25, 0.3) is 5.52 Å². The van der Waals surface area contributed by atoms with Crippen molar-refractivity contribution in [3.63, 3.8) is 0 Å². The van der Waals surface area contributed by atoms with E-state index in [0.29, 0.717) is 5.52 Å². The summed E-state index contributed by atoms with van der Waals surface area (Å²) in [6, 6.07) is 1.79. The molecule has 0 unspecified atom stereocenters. The lowest BCUT2D eigenvalue weighted by molar-refractivity contribution is 0.0596. The molecule has 2 heterocycles. The van der Waals surface area contributed by atoms with E-state index in [-0.39, 0.29) is 5.69 Å². The first-order chi connectivity index (χ1) is 6.72. The van der Waals surface area contributed by atoms with Gasteiger partial charge in [-0.2, -0.15) is 5.10 Å². The summed E-state index contributed by atoms with van der Waals surface area (Å²) >= 11 is 0. The van der Waals surface area contributed by atoms with Crippen molar-refractivity contribution in [1.82, 2.24) is 14.6 Å². The van der Waals surface area contributed by atoms with Crippen LogP contribution < -0.4 is 0 Å². The number of nitrogens with zero attached hydrogens (tertiary/aromatic N) is 3. The second-order valence-electron chi connectivity index (χ2n) is 2.88. The van der Waals surface area contributed by atoms with Crippen molar-refractivity contribution in [2.75, 3.05) is 7.11 Å². The van der Waals surface area contributed by atoms with Gasteiger partial charge in [0.2, 0.25) is 0 Å². The van der Waals surface area contributed by atoms with Gasteiger partial charge in [0.25, 0.3) is 0 Å². The molecule has 0 bridgehead atoms. The normalized spacial score (nSPS) is 10.4. The van der Waals surface area contributed by atoms with Gasteiger partial charge in [0.05, 0.1) is 18.3 Å². The molecule has 5 heteroatoms. The highest BCUT2D eigenvalue weighted by molar-refractivity contribution is 5.94. The molecule has 0 fully saturated rings. The highest BCUT2D eigenvalue weighted by Gasteiger charge is 2.13. The minimum Gasteiger partial charge on any atom is -0.464 e. The van der Waals surface area contributed by atoms with Gasteiger partial charge in [0.15, 0.2) is 5.69 Å². The van der Waals surface area contributed by atoms with Crippen LogP contribution in [0.5, 0.6) is 0 Å². The Bertz CT molecular complexity index is 490. The second-order valence-corrected chi connectivity index (χ2v) is 2.88. The number of aromatic nitrogens is 3. The molecule has 0 aliphatic carbocycles.